The minimum absolute atomic E-state index is 0.352. The average Bonchev–Trinajstić information content (AvgIpc) is 2.90. The van der Waals surface area contributed by atoms with Crippen LogP contribution in [0, 0.1) is 0 Å². The molecule has 1 aliphatic rings. The van der Waals surface area contributed by atoms with Crippen LogP contribution < -0.4 is 0 Å². The van der Waals surface area contributed by atoms with Gasteiger partial charge in [-0.2, -0.15) is 0 Å². The molecule has 3 aromatic rings. The summed E-state index contributed by atoms with van der Waals surface area (Å²) in [4.78, 5) is 0. The quantitative estimate of drug-likeness (QED) is 0.534. The zero-order valence-corrected chi connectivity index (χ0v) is 12.5. The maximum atomic E-state index is 3.75. The summed E-state index contributed by atoms with van der Waals surface area (Å²) in [5, 5.41) is 2.57. The van der Waals surface area contributed by atoms with E-state index in [0.29, 0.717) is 5.92 Å². The van der Waals surface area contributed by atoms with E-state index in [2.05, 4.69) is 88.7 Å². The molecular formula is C19H13Br. The Hall–Kier alpha value is -1.86. The fourth-order valence-electron chi connectivity index (χ4n) is 2.99. The predicted octanol–water partition coefficient (Wildman–Crippen LogP) is 5.76. The zero-order chi connectivity index (χ0) is 13.5. The SMILES string of the molecule is Brc1cc2ccccc2cc1C1C=Cc2ccccc21. The number of fused-ring (bicyclic) bond motifs is 2. The van der Waals surface area contributed by atoms with Crippen molar-refractivity contribution in [2.75, 3.05) is 0 Å². The molecule has 3 aromatic carbocycles. The van der Waals surface area contributed by atoms with Crippen molar-refractivity contribution in [3.63, 3.8) is 0 Å². The monoisotopic (exact) mass is 320 g/mol. The van der Waals surface area contributed by atoms with E-state index in [0.717, 1.165) is 0 Å². The van der Waals surface area contributed by atoms with Crippen LogP contribution >= 0.6 is 15.9 Å². The van der Waals surface area contributed by atoms with Gasteiger partial charge in [-0.3, -0.25) is 0 Å². The van der Waals surface area contributed by atoms with E-state index in [1.165, 1.54) is 31.9 Å². The lowest BCUT2D eigenvalue weighted by molar-refractivity contribution is 1.04. The lowest BCUT2D eigenvalue weighted by Gasteiger charge is -2.14. The third kappa shape index (κ3) is 1.82. The maximum Gasteiger partial charge on any atom is 0.0290 e. The Labute approximate surface area is 126 Å². The highest BCUT2D eigenvalue weighted by atomic mass is 79.9. The van der Waals surface area contributed by atoms with Gasteiger partial charge >= 0.3 is 0 Å². The number of halogens is 1. The van der Waals surface area contributed by atoms with E-state index in [4.69, 9.17) is 0 Å². The van der Waals surface area contributed by atoms with Gasteiger partial charge in [0.05, 0.1) is 0 Å². The second-order valence-electron chi connectivity index (χ2n) is 5.19. The van der Waals surface area contributed by atoms with E-state index in [-0.39, 0.29) is 0 Å². The molecule has 1 aliphatic carbocycles. The van der Waals surface area contributed by atoms with Crippen molar-refractivity contribution in [1.82, 2.24) is 0 Å². The van der Waals surface area contributed by atoms with Gasteiger partial charge in [0.25, 0.3) is 0 Å². The third-order valence-corrected chi connectivity index (χ3v) is 4.69. The van der Waals surface area contributed by atoms with Crippen LogP contribution in [0.15, 0.2) is 71.2 Å². The fraction of sp³-hybridized carbons (Fsp3) is 0.0526. The number of rotatable bonds is 1. The molecule has 0 saturated carbocycles. The van der Waals surface area contributed by atoms with Gasteiger partial charge in [-0.25, -0.2) is 0 Å². The first kappa shape index (κ1) is 11.9. The molecule has 0 radical (unpaired) electrons. The second-order valence-corrected chi connectivity index (χ2v) is 6.04. The minimum atomic E-state index is 0.352. The second kappa shape index (κ2) is 4.60. The summed E-state index contributed by atoms with van der Waals surface area (Å²) >= 11 is 3.75. The molecule has 0 saturated heterocycles. The Morgan fingerprint density at radius 3 is 2.30 bits per heavy atom. The Balaban J connectivity index is 1.92. The van der Waals surface area contributed by atoms with Crippen LogP contribution in [0.1, 0.15) is 22.6 Å². The first-order valence-electron chi connectivity index (χ1n) is 6.78. The van der Waals surface area contributed by atoms with Crippen LogP contribution in [0.5, 0.6) is 0 Å². The molecule has 0 amide bonds. The Morgan fingerprint density at radius 2 is 1.45 bits per heavy atom. The van der Waals surface area contributed by atoms with E-state index in [9.17, 15) is 0 Å². The van der Waals surface area contributed by atoms with Gasteiger partial charge in [-0.1, -0.05) is 76.6 Å². The molecule has 0 spiro atoms. The molecule has 0 heterocycles. The standard InChI is InChI=1S/C19H13Br/c20-19-12-15-7-2-1-6-14(15)11-18(19)17-10-9-13-5-3-4-8-16(13)17/h1-12,17H. The number of hydrogen-bond acceptors (Lipinski definition) is 0. The van der Waals surface area contributed by atoms with Gasteiger partial charge in [-0.15, -0.1) is 0 Å². The molecule has 0 fully saturated rings. The van der Waals surface area contributed by atoms with Crippen LogP contribution in [-0.2, 0) is 0 Å². The van der Waals surface area contributed by atoms with E-state index in [1.54, 1.807) is 0 Å². The summed E-state index contributed by atoms with van der Waals surface area (Å²) in [6.45, 7) is 0. The van der Waals surface area contributed by atoms with Crippen molar-refractivity contribution in [2.45, 2.75) is 5.92 Å². The summed E-state index contributed by atoms with van der Waals surface area (Å²) < 4.78 is 1.18. The van der Waals surface area contributed by atoms with E-state index >= 15 is 0 Å². The van der Waals surface area contributed by atoms with Crippen molar-refractivity contribution in [2.24, 2.45) is 0 Å². The molecule has 0 N–H and O–H groups in total. The van der Waals surface area contributed by atoms with Gasteiger partial charge in [0.2, 0.25) is 0 Å². The first-order chi connectivity index (χ1) is 9.83. The Morgan fingerprint density at radius 1 is 0.750 bits per heavy atom. The van der Waals surface area contributed by atoms with Crippen LogP contribution in [0.25, 0.3) is 16.8 Å². The molecule has 1 atom stereocenters. The molecule has 20 heavy (non-hydrogen) atoms. The van der Waals surface area contributed by atoms with Crippen molar-refractivity contribution < 1.29 is 0 Å². The van der Waals surface area contributed by atoms with Crippen LogP contribution in [0.3, 0.4) is 0 Å². The summed E-state index contributed by atoms with van der Waals surface area (Å²) in [6, 6.07) is 21.7. The number of hydrogen-bond donors (Lipinski definition) is 0. The van der Waals surface area contributed by atoms with Crippen LogP contribution in [-0.4, -0.2) is 0 Å². The maximum absolute atomic E-state index is 3.75. The molecule has 0 nitrogen and oxygen atoms in total. The van der Waals surface area contributed by atoms with E-state index < -0.39 is 0 Å². The highest BCUT2D eigenvalue weighted by Gasteiger charge is 2.20. The van der Waals surface area contributed by atoms with Crippen LogP contribution in [0.2, 0.25) is 0 Å². The molecule has 96 valence electrons. The smallest absolute Gasteiger partial charge is 0.0290 e. The molecule has 4 rings (SSSR count). The Bertz CT molecular complexity index is 830. The van der Waals surface area contributed by atoms with Crippen LogP contribution in [0.4, 0.5) is 0 Å². The Kier molecular flexibility index (Phi) is 2.75. The molecule has 1 unspecified atom stereocenters. The predicted molar refractivity (Wildman–Crippen MR) is 89.0 cm³/mol. The van der Waals surface area contributed by atoms with Crippen molar-refractivity contribution in [1.29, 1.82) is 0 Å². The van der Waals surface area contributed by atoms with Crippen molar-refractivity contribution >= 4 is 32.8 Å². The first-order valence-corrected chi connectivity index (χ1v) is 7.57. The highest BCUT2D eigenvalue weighted by Crippen LogP contribution is 2.39. The molecule has 0 aromatic heterocycles. The summed E-state index contributed by atoms with van der Waals surface area (Å²) in [5.74, 6) is 0.352. The minimum Gasteiger partial charge on any atom is -0.0720 e. The zero-order valence-electron chi connectivity index (χ0n) is 10.9. The van der Waals surface area contributed by atoms with Gasteiger partial charge < -0.3 is 0 Å². The molecule has 0 aliphatic heterocycles. The largest absolute Gasteiger partial charge is 0.0720 e. The lowest BCUT2D eigenvalue weighted by atomic mass is 9.91. The fourth-order valence-corrected chi connectivity index (χ4v) is 3.60. The lowest BCUT2D eigenvalue weighted by Crippen LogP contribution is -1.97. The van der Waals surface area contributed by atoms with Gasteiger partial charge in [-0.05, 0) is 39.6 Å². The molecular weight excluding hydrogens is 308 g/mol. The topological polar surface area (TPSA) is 0 Å². The van der Waals surface area contributed by atoms with Gasteiger partial charge in [0.1, 0.15) is 0 Å². The highest BCUT2D eigenvalue weighted by molar-refractivity contribution is 9.10. The van der Waals surface area contributed by atoms with E-state index in [1.807, 2.05) is 0 Å². The third-order valence-electron chi connectivity index (χ3n) is 4.00. The average molecular weight is 321 g/mol. The van der Waals surface area contributed by atoms with Gasteiger partial charge in [0, 0.05) is 10.4 Å². The normalized spacial score (nSPS) is 16.6. The van der Waals surface area contributed by atoms with Crippen molar-refractivity contribution in [3.8, 4) is 0 Å². The summed E-state index contributed by atoms with van der Waals surface area (Å²) in [5.41, 5.74) is 4.06. The summed E-state index contributed by atoms with van der Waals surface area (Å²) in [7, 11) is 0. The number of benzene rings is 3. The van der Waals surface area contributed by atoms with Gasteiger partial charge in [0.15, 0.2) is 0 Å². The molecule has 1 heteroatoms. The summed E-state index contributed by atoms with van der Waals surface area (Å²) in [6.07, 6.45) is 4.52. The number of allylic oxidation sites excluding steroid dienone is 1. The van der Waals surface area contributed by atoms with Crippen molar-refractivity contribution in [3.05, 3.63) is 87.9 Å². The molecule has 0 bridgehead atoms.